The summed E-state index contributed by atoms with van der Waals surface area (Å²) in [5, 5.41) is 6.84. The number of hydrogen-bond donors (Lipinski definition) is 2. The molecule has 1 aromatic heterocycles. The maximum Gasteiger partial charge on any atom is 0.255 e. The molecule has 32 heavy (non-hydrogen) atoms. The van der Waals surface area contributed by atoms with Gasteiger partial charge in [-0.25, -0.2) is 13.1 Å². The van der Waals surface area contributed by atoms with E-state index >= 15 is 0 Å². The number of carbonyl (C=O) groups excluding carboxylic acids is 1. The van der Waals surface area contributed by atoms with Crippen molar-refractivity contribution in [3.63, 3.8) is 0 Å². The lowest BCUT2D eigenvalue weighted by molar-refractivity contribution is 0.102. The van der Waals surface area contributed by atoms with E-state index < -0.39 is 10.0 Å². The molecule has 1 fully saturated rings. The molecule has 1 saturated carbocycles. The molecule has 8 nitrogen and oxygen atoms in total. The minimum atomic E-state index is -3.64. The van der Waals surface area contributed by atoms with Gasteiger partial charge in [0.25, 0.3) is 5.91 Å². The van der Waals surface area contributed by atoms with E-state index in [2.05, 4.69) is 20.2 Å². The van der Waals surface area contributed by atoms with Crippen LogP contribution < -0.4 is 10.0 Å². The number of aromatic nitrogens is 2. The number of aryl methyl sites for hydroxylation is 1. The number of anilines is 1. The van der Waals surface area contributed by atoms with Gasteiger partial charge in [-0.3, -0.25) is 4.79 Å². The van der Waals surface area contributed by atoms with Crippen molar-refractivity contribution in [3.8, 4) is 11.4 Å². The minimum absolute atomic E-state index is 0.00391. The predicted molar refractivity (Wildman–Crippen MR) is 121 cm³/mol. The van der Waals surface area contributed by atoms with E-state index in [0.717, 1.165) is 18.4 Å². The van der Waals surface area contributed by atoms with Crippen LogP contribution in [0.25, 0.3) is 11.4 Å². The first-order chi connectivity index (χ1) is 15.0. The number of amides is 1. The Morgan fingerprint density at radius 2 is 1.78 bits per heavy atom. The summed E-state index contributed by atoms with van der Waals surface area (Å²) in [5.74, 6) is 0.643. The van der Waals surface area contributed by atoms with E-state index in [4.69, 9.17) is 4.52 Å². The predicted octanol–water partition coefficient (Wildman–Crippen LogP) is 4.04. The van der Waals surface area contributed by atoms with Crippen LogP contribution in [0.4, 0.5) is 5.69 Å². The summed E-state index contributed by atoms with van der Waals surface area (Å²) >= 11 is 0. The molecule has 168 valence electrons. The molecule has 1 aliphatic carbocycles. The highest BCUT2D eigenvalue weighted by atomic mass is 32.2. The lowest BCUT2D eigenvalue weighted by Gasteiger charge is -2.11. The summed E-state index contributed by atoms with van der Waals surface area (Å²) in [7, 11) is -3.64. The molecule has 0 spiro atoms. The van der Waals surface area contributed by atoms with Crippen molar-refractivity contribution >= 4 is 21.6 Å². The van der Waals surface area contributed by atoms with Crippen LogP contribution in [0, 0.1) is 6.92 Å². The molecule has 0 unspecified atom stereocenters. The number of nitrogens with zero attached hydrogens (tertiary/aromatic N) is 2. The quantitative estimate of drug-likeness (QED) is 0.581. The fraction of sp³-hybridized carbons (Fsp3) is 0.348. The summed E-state index contributed by atoms with van der Waals surface area (Å²) in [5.41, 5.74) is 2.08. The van der Waals surface area contributed by atoms with E-state index in [0.29, 0.717) is 28.5 Å². The van der Waals surface area contributed by atoms with Crippen LogP contribution >= 0.6 is 0 Å². The molecule has 9 heteroatoms. The summed E-state index contributed by atoms with van der Waals surface area (Å²) in [6.07, 6.45) is 1.69. The Kier molecular flexibility index (Phi) is 5.64. The first-order valence-corrected chi connectivity index (χ1v) is 11.9. The second kappa shape index (κ2) is 8.14. The normalized spacial score (nSPS) is 14.4. The molecule has 2 aromatic carbocycles. The Labute approximate surface area is 187 Å². The third-order valence-electron chi connectivity index (χ3n) is 5.13. The highest BCUT2D eigenvalue weighted by molar-refractivity contribution is 7.89. The Morgan fingerprint density at radius 1 is 1.09 bits per heavy atom. The first kappa shape index (κ1) is 22.2. The maximum absolute atomic E-state index is 12.9. The monoisotopic (exact) mass is 454 g/mol. The van der Waals surface area contributed by atoms with Crippen molar-refractivity contribution in [1.29, 1.82) is 0 Å². The fourth-order valence-corrected chi connectivity index (χ4v) is 4.38. The summed E-state index contributed by atoms with van der Waals surface area (Å²) in [6, 6.07) is 11.6. The molecule has 3 aromatic rings. The zero-order valence-corrected chi connectivity index (χ0v) is 19.3. The SMILES string of the molecule is Cc1ccc(S(=O)(=O)NC2CC2)cc1C(=O)Nc1ccc(-c2noc(C(C)(C)C)n2)cc1. The molecule has 0 saturated heterocycles. The Morgan fingerprint density at radius 3 is 2.38 bits per heavy atom. The Balaban J connectivity index is 1.50. The van der Waals surface area contributed by atoms with Crippen LogP contribution in [0.2, 0.25) is 0 Å². The Bertz CT molecular complexity index is 1250. The fourth-order valence-electron chi connectivity index (χ4n) is 3.05. The largest absolute Gasteiger partial charge is 0.338 e. The molecule has 2 N–H and O–H groups in total. The lowest BCUT2D eigenvalue weighted by atomic mass is 9.97. The molecule has 0 atom stereocenters. The Hall–Kier alpha value is -3.04. The van der Waals surface area contributed by atoms with Crippen LogP contribution in [0.5, 0.6) is 0 Å². The average Bonchev–Trinajstić information content (AvgIpc) is 3.37. The molecule has 0 bridgehead atoms. The number of hydrogen-bond acceptors (Lipinski definition) is 6. The van der Waals surface area contributed by atoms with Crippen LogP contribution in [0.1, 0.15) is 55.4 Å². The smallest absolute Gasteiger partial charge is 0.255 e. The zero-order chi connectivity index (χ0) is 23.1. The molecule has 1 amide bonds. The molecular formula is C23H26N4O4S. The molecule has 1 aliphatic rings. The van der Waals surface area contributed by atoms with Gasteiger partial charge in [-0.1, -0.05) is 32.0 Å². The van der Waals surface area contributed by atoms with Crippen LogP contribution in [-0.4, -0.2) is 30.5 Å². The number of sulfonamides is 1. The van der Waals surface area contributed by atoms with Gasteiger partial charge in [-0.2, -0.15) is 4.98 Å². The van der Waals surface area contributed by atoms with Crippen molar-refractivity contribution in [2.45, 2.75) is 56.9 Å². The van der Waals surface area contributed by atoms with Gasteiger partial charge < -0.3 is 9.84 Å². The van der Waals surface area contributed by atoms with Crippen LogP contribution in [0.15, 0.2) is 51.9 Å². The van der Waals surface area contributed by atoms with E-state index in [-0.39, 0.29) is 22.3 Å². The topological polar surface area (TPSA) is 114 Å². The third kappa shape index (κ3) is 4.89. The summed E-state index contributed by atoms with van der Waals surface area (Å²) in [6.45, 7) is 7.75. The minimum Gasteiger partial charge on any atom is -0.338 e. The van der Waals surface area contributed by atoms with Crippen molar-refractivity contribution in [1.82, 2.24) is 14.9 Å². The van der Waals surface area contributed by atoms with E-state index in [1.807, 2.05) is 20.8 Å². The van der Waals surface area contributed by atoms with Gasteiger partial charge in [0.05, 0.1) is 4.90 Å². The number of rotatable bonds is 6. The van der Waals surface area contributed by atoms with Crippen LogP contribution in [-0.2, 0) is 15.4 Å². The molecule has 0 radical (unpaired) electrons. The second-order valence-corrected chi connectivity index (χ2v) is 10.8. The molecule has 1 heterocycles. The van der Waals surface area contributed by atoms with Gasteiger partial charge in [0.1, 0.15) is 0 Å². The highest BCUT2D eigenvalue weighted by Crippen LogP contribution is 2.26. The van der Waals surface area contributed by atoms with Gasteiger partial charge in [-0.15, -0.1) is 0 Å². The second-order valence-electron chi connectivity index (χ2n) is 9.08. The summed E-state index contributed by atoms with van der Waals surface area (Å²) < 4.78 is 33.0. The van der Waals surface area contributed by atoms with Gasteiger partial charge >= 0.3 is 0 Å². The third-order valence-corrected chi connectivity index (χ3v) is 6.65. The zero-order valence-electron chi connectivity index (χ0n) is 18.5. The van der Waals surface area contributed by atoms with E-state index in [1.165, 1.54) is 12.1 Å². The van der Waals surface area contributed by atoms with E-state index in [1.54, 1.807) is 37.3 Å². The van der Waals surface area contributed by atoms with Crippen molar-refractivity contribution in [2.24, 2.45) is 0 Å². The number of carbonyl (C=O) groups is 1. The van der Waals surface area contributed by atoms with Crippen LogP contribution in [0.3, 0.4) is 0 Å². The maximum atomic E-state index is 12.9. The average molecular weight is 455 g/mol. The van der Waals surface area contributed by atoms with E-state index in [9.17, 15) is 13.2 Å². The number of nitrogens with one attached hydrogen (secondary N) is 2. The standard InChI is InChI=1S/C23H26N4O4S/c1-14-5-12-18(32(29,30)27-17-10-11-17)13-19(14)21(28)24-16-8-6-15(7-9-16)20-25-22(31-26-20)23(2,3)4/h5-9,12-13,17,27H,10-11H2,1-4H3,(H,24,28). The van der Waals surface area contributed by atoms with Gasteiger partial charge in [0, 0.05) is 28.3 Å². The van der Waals surface area contributed by atoms with Gasteiger partial charge in [0.2, 0.25) is 21.7 Å². The summed E-state index contributed by atoms with van der Waals surface area (Å²) in [4.78, 5) is 17.4. The van der Waals surface area contributed by atoms with Crippen molar-refractivity contribution < 1.29 is 17.7 Å². The van der Waals surface area contributed by atoms with Crippen molar-refractivity contribution in [2.75, 3.05) is 5.32 Å². The molecular weight excluding hydrogens is 428 g/mol. The first-order valence-electron chi connectivity index (χ1n) is 10.4. The van der Waals surface area contributed by atoms with Gasteiger partial charge in [-0.05, 0) is 61.7 Å². The molecule has 0 aliphatic heterocycles. The highest BCUT2D eigenvalue weighted by Gasteiger charge is 2.28. The molecule has 4 rings (SSSR count). The van der Waals surface area contributed by atoms with Gasteiger partial charge in [0.15, 0.2) is 0 Å². The lowest BCUT2D eigenvalue weighted by Crippen LogP contribution is -2.26. The van der Waals surface area contributed by atoms with Crippen molar-refractivity contribution in [3.05, 3.63) is 59.5 Å². The number of benzene rings is 2.